The van der Waals surface area contributed by atoms with Crippen molar-refractivity contribution in [1.82, 2.24) is 4.98 Å². The van der Waals surface area contributed by atoms with E-state index in [0.29, 0.717) is 0 Å². The van der Waals surface area contributed by atoms with E-state index in [1.165, 1.54) is 0 Å². The van der Waals surface area contributed by atoms with E-state index in [0.717, 1.165) is 65.2 Å². The standard InChI is InChI=1S/C47H35NP2S2/c51-49(37-22-8-2-9-23-37,38-24-10-3-11-25-38)45-32-18-16-30-41(45)43-34-48-35-44(47(43)36-20-6-1-7-21-36)42-31-17-19-33-46(42)50(52,39-26-12-4-13-27-39)40-28-14-5-15-29-40/h1-35H. The summed E-state index contributed by atoms with van der Waals surface area (Å²) in [5.41, 5.74) is 6.50. The van der Waals surface area contributed by atoms with E-state index in [2.05, 4.69) is 200 Å². The molecule has 1 heterocycles. The van der Waals surface area contributed by atoms with E-state index in [9.17, 15) is 0 Å². The van der Waals surface area contributed by atoms with Crippen molar-refractivity contribution in [3.8, 4) is 33.4 Å². The number of aromatic nitrogens is 1. The second kappa shape index (κ2) is 14.9. The van der Waals surface area contributed by atoms with Crippen molar-refractivity contribution in [2.24, 2.45) is 0 Å². The van der Waals surface area contributed by atoms with Crippen LogP contribution in [0.2, 0.25) is 0 Å². The van der Waals surface area contributed by atoms with Gasteiger partial charge in [-0.15, -0.1) is 0 Å². The van der Waals surface area contributed by atoms with Crippen LogP contribution in [0.1, 0.15) is 0 Å². The van der Waals surface area contributed by atoms with Crippen LogP contribution in [0, 0.1) is 0 Å². The lowest BCUT2D eigenvalue weighted by molar-refractivity contribution is 1.33. The zero-order chi connectivity index (χ0) is 35.4. The first-order chi connectivity index (χ1) is 25.6. The third-order valence-corrected chi connectivity index (χ3v) is 19.5. The SMILES string of the molecule is S=P(c1ccccc1)(c1ccccc1)c1ccccc1-c1cncc(-c2ccccc2P(=S)(c2ccccc2)c2ccccc2)c1-c1ccccc1. The number of pyridine rings is 1. The van der Waals surface area contributed by atoms with Crippen LogP contribution in [0.4, 0.5) is 0 Å². The Bertz CT molecular complexity index is 2310. The van der Waals surface area contributed by atoms with Crippen LogP contribution >= 0.6 is 12.1 Å². The molecule has 5 heteroatoms. The summed E-state index contributed by atoms with van der Waals surface area (Å²) in [5.74, 6) is 0. The smallest absolute Gasteiger partial charge is 0.0385 e. The number of hydrogen-bond acceptors (Lipinski definition) is 3. The van der Waals surface area contributed by atoms with Gasteiger partial charge in [-0.2, -0.15) is 0 Å². The molecule has 0 atom stereocenters. The first-order valence-corrected chi connectivity index (χ1v) is 22.9. The Balaban J connectivity index is 1.44. The third kappa shape index (κ3) is 6.15. The van der Waals surface area contributed by atoms with E-state index in [1.54, 1.807) is 0 Å². The van der Waals surface area contributed by atoms with Gasteiger partial charge in [-0.05, 0) is 37.9 Å². The summed E-state index contributed by atoms with van der Waals surface area (Å²) in [6, 6.07) is 65.6. The Hall–Kier alpha value is -5.01. The molecule has 0 amide bonds. The van der Waals surface area contributed by atoms with E-state index in [4.69, 9.17) is 28.6 Å². The molecular weight excluding hydrogens is 705 g/mol. The molecule has 52 heavy (non-hydrogen) atoms. The van der Waals surface area contributed by atoms with Gasteiger partial charge in [-0.3, -0.25) is 4.98 Å². The Morgan fingerprint density at radius 1 is 0.308 bits per heavy atom. The average molecular weight is 740 g/mol. The molecule has 8 rings (SSSR count). The topological polar surface area (TPSA) is 12.9 Å². The fraction of sp³-hybridized carbons (Fsp3) is 0. The van der Waals surface area contributed by atoms with Gasteiger partial charge in [0.15, 0.2) is 0 Å². The fourth-order valence-corrected chi connectivity index (χ4v) is 15.3. The second-order valence-corrected chi connectivity index (χ2v) is 21.3. The van der Waals surface area contributed by atoms with E-state index in [1.807, 2.05) is 12.4 Å². The van der Waals surface area contributed by atoms with Crippen molar-refractivity contribution in [2.45, 2.75) is 0 Å². The molecule has 0 aliphatic rings. The van der Waals surface area contributed by atoms with Crippen molar-refractivity contribution in [3.63, 3.8) is 0 Å². The maximum Gasteiger partial charge on any atom is 0.0385 e. The largest absolute Gasteiger partial charge is 0.263 e. The molecule has 1 aromatic heterocycles. The van der Waals surface area contributed by atoms with Gasteiger partial charge in [0.2, 0.25) is 0 Å². The minimum absolute atomic E-state index is 1.04. The zero-order valence-corrected chi connectivity index (χ0v) is 31.8. The summed E-state index contributed by atoms with van der Waals surface area (Å²) in [6.45, 7) is 0. The van der Waals surface area contributed by atoms with Crippen LogP contribution in [-0.4, -0.2) is 4.98 Å². The van der Waals surface area contributed by atoms with Crippen molar-refractivity contribution in [1.29, 1.82) is 0 Å². The summed E-state index contributed by atoms with van der Waals surface area (Å²) in [4.78, 5) is 5.02. The lowest BCUT2D eigenvalue weighted by Crippen LogP contribution is -2.26. The summed E-state index contributed by atoms with van der Waals surface area (Å²) < 4.78 is 0. The van der Waals surface area contributed by atoms with E-state index in [-0.39, 0.29) is 0 Å². The summed E-state index contributed by atoms with van der Waals surface area (Å²) in [6.07, 6.45) is 4.04. The minimum Gasteiger partial charge on any atom is -0.263 e. The first-order valence-electron chi connectivity index (χ1n) is 17.3. The van der Waals surface area contributed by atoms with Crippen molar-refractivity contribution < 1.29 is 0 Å². The Morgan fingerprint density at radius 3 is 0.942 bits per heavy atom. The molecule has 0 N–H and O–H groups in total. The number of nitrogens with zero attached hydrogens (tertiary/aromatic N) is 1. The lowest BCUT2D eigenvalue weighted by Gasteiger charge is -2.29. The number of hydrogen-bond donors (Lipinski definition) is 0. The van der Waals surface area contributed by atoms with Crippen LogP contribution in [0.15, 0.2) is 213 Å². The molecule has 0 saturated carbocycles. The van der Waals surface area contributed by atoms with Crippen LogP contribution in [0.25, 0.3) is 33.4 Å². The van der Waals surface area contributed by atoms with Gasteiger partial charge in [0.05, 0.1) is 0 Å². The highest BCUT2D eigenvalue weighted by molar-refractivity contribution is 8.26. The summed E-state index contributed by atoms with van der Waals surface area (Å²) in [5, 5.41) is 6.92. The fourth-order valence-electron chi connectivity index (χ4n) is 7.14. The molecule has 0 spiro atoms. The Kier molecular flexibility index (Phi) is 9.78. The summed E-state index contributed by atoms with van der Waals surface area (Å²) >= 11 is 13.9. The van der Waals surface area contributed by atoms with E-state index >= 15 is 0 Å². The van der Waals surface area contributed by atoms with Gasteiger partial charge in [-0.1, -0.05) is 224 Å². The third-order valence-electron chi connectivity index (χ3n) is 9.55. The number of benzene rings is 7. The molecule has 250 valence electrons. The van der Waals surface area contributed by atoms with E-state index < -0.39 is 12.1 Å². The molecule has 8 aromatic rings. The van der Waals surface area contributed by atoms with Crippen LogP contribution in [0.5, 0.6) is 0 Å². The zero-order valence-electron chi connectivity index (χ0n) is 28.4. The number of rotatable bonds is 9. The summed E-state index contributed by atoms with van der Waals surface area (Å²) in [7, 11) is 0. The molecule has 0 radical (unpaired) electrons. The Morgan fingerprint density at radius 2 is 0.596 bits per heavy atom. The minimum atomic E-state index is -2.50. The highest BCUT2D eigenvalue weighted by atomic mass is 32.4. The van der Waals surface area contributed by atoms with Gasteiger partial charge in [0, 0.05) is 51.8 Å². The van der Waals surface area contributed by atoms with Gasteiger partial charge in [0.1, 0.15) is 0 Å². The van der Waals surface area contributed by atoms with Crippen LogP contribution in [0.3, 0.4) is 0 Å². The van der Waals surface area contributed by atoms with Crippen molar-refractivity contribution in [3.05, 3.63) is 213 Å². The predicted octanol–water partition coefficient (Wildman–Crippen LogP) is 9.59. The molecule has 0 aliphatic heterocycles. The maximum atomic E-state index is 6.93. The lowest BCUT2D eigenvalue weighted by atomic mass is 9.89. The van der Waals surface area contributed by atoms with Crippen LogP contribution in [-0.2, 0) is 23.6 Å². The van der Waals surface area contributed by atoms with Gasteiger partial charge >= 0.3 is 0 Å². The highest BCUT2D eigenvalue weighted by Crippen LogP contribution is 2.50. The normalized spacial score (nSPS) is 11.6. The second-order valence-electron chi connectivity index (χ2n) is 12.6. The molecule has 0 bridgehead atoms. The monoisotopic (exact) mass is 739 g/mol. The molecule has 0 aliphatic carbocycles. The van der Waals surface area contributed by atoms with Gasteiger partial charge in [-0.25, -0.2) is 0 Å². The molecule has 1 nitrogen and oxygen atoms in total. The van der Waals surface area contributed by atoms with Gasteiger partial charge in [0.25, 0.3) is 0 Å². The van der Waals surface area contributed by atoms with Crippen LogP contribution < -0.4 is 31.8 Å². The van der Waals surface area contributed by atoms with Gasteiger partial charge < -0.3 is 0 Å². The van der Waals surface area contributed by atoms with Crippen molar-refractivity contribution >= 4 is 67.5 Å². The Labute approximate surface area is 316 Å². The predicted molar refractivity (Wildman–Crippen MR) is 233 cm³/mol. The molecule has 0 fully saturated rings. The quantitative estimate of drug-likeness (QED) is 0.137. The highest BCUT2D eigenvalue weighted by Gasteiger charge is 2.31. The molecule has 0 unspecified atom stereocenters. The maximum absolute atomic E-state index is 6.93. The van der Waals surface area contributed by atoms with Crippen molar-refractivity contribution in [2.75, 3.05) is 0 Å². The molecular formula is C47H35NP2S2. The molecule has 7 aromatic carbocycles. The average Bonchev–Trinajstić information content (AvgIpc) is 3.24. The first kappa shape index (κ1) is 34.1. The molecule has 0 saturated heterocycles.